The number of imidazole rings is 1. The summed E-state index contributed by atoms with van der Waals surface area (Å²) >= 11 is 0. The molecule has 0 N–H and O–H groups in total. The zero-order chi connectivity index (χ0) is 23.9. The van der Waals surface area contributed by atoms with Crippen LogP contribution >= 0.6 is 0 Å². The largest absolute Gasteiger partial charge is 0.443 e. The Kier molecular flexibility index (Phi) is 5.65. The number of fused-ring (bicyclic) bond motifs is 1. The summed E-state index contributed by atoms with van der Waals surface area (Å²) in [5, 5.41) is 3.95. The van der Waals surface area contributed by atoms with Crippen LogP contribution < -0.4 is 5.56 Å². The lowest BCUT2D eigenvalue weighted by molar-refractivity contribution is 0.0537. The Labute approximate surface area is 191 Å². The molecule has 0 atom stereocenters. The fourth-order valence-electron chi connectivity index (χ4n) is 3.56. The number of aryl methyl sites for hydroxylation is 1. The first-order valence-electron chi connectivity index (χ1n) is 10.8. The Morgan fingerprint density at radius 3 is 2.58 bits per heavy atom. The Balaban J connectivity index is 1.73. The lowest BCUT2D eigenvalue weighted by atomic mass is 10.1. The van der Waals surface area contributed by atoms with Gasteiger partial charge in [0.25, 0.3) is 5.56 Å². The summed E-state index contributed by atoms with van der Waals surface area (Å²) in [6.07, 6.45) is 1.12. The average Bonchev–Trinajstić information content (AvgIpc) is 3.33. The van der Waals surface area contributed by atoms with E-state index >= 15 is 0 Å². The predicted octanol–water partition coefficient (Wildman–Crippen LogP) is 4.51. The number of carbonyl (C=O) groups is 1. The van der Waals surface area contributed by atoms with Crippen molar-refractivity contribution < 1.29 is 14.1 Å². The van der Waals surface area contributed by atoms with E-state index < -0.39 is 11.7 Å². The second kappa shape index (κ2) is 8.31. The van der Waals surface area contributed by atoms with Crippen LogP contribution in [0.1, 0.15) is 57.8 Å². The van der Waals surface area contributed by atoms with Crippen molar-refractivity contribution in [3.63, 3.8) is 0 Å². The highest BCUT2D eigenvalue weighted by molar-refractivity contribution is 5.87. The second-order valence-corrected chi connectivity index (χ2v) is 9.26. The first kappa shape index (κ1) is 22.4. The Hall–Kier alpha value is -3.75. The van der Waals surface area contributed by atoms with Gasteiger partial charge in [-0.05, 0) is 38.5 Å². The monoisotopic (exact) mass is 449 g/mol. The van der Waals surface area contributed by atoms with Crippen molar-refractivity contribution in [3.8, 4) is 11.4 Å². The van der Waals surface area contributed by atoms with Crippen LogP contribution in [-0.2, 0) is 11.3 Å². The zero-order valence-corrected chi connectivity index (χ0v) is 19.6. The maximum atomic E-state index is 13.3. The SMILES string of the molecule is Cc1nc(-c2cccc(Cn3ccc4c(nc(C(C)C)n4C(=O)OC(C)(C)C)c3=O)c2)no1. The predicted molar refractivity (Wildman–Crippen MR) is 123 cm³/mol. The Morgan fingerprint density at radius 2 is 1.94 bits per heavy atom. The fraction of sp³-hybridized carbons (Fsp3) is 0.375. The molecule has 0 saturated heterocycles. The molecule has 9 heteroatoms. The summed E-state index contributed by atoms with van der Waals surface area (Å²) in [5.74, 6) is 1.39. The highest BCUT2D eigenvalue weighted by Gasteiger charge is 2.25. The van der Waals surface area contributed by atoms with Crippen LogP contribution in [0.2, 0.25) is 0 Å². The number of pyridine rings is 1. The van der Waals surface area contributed by atoms with Crippen molar-refractivity contribution in [2.45, 2.75) is 59.6 Å². The summed E-state index contributed by atoms with van der Waals surface area (Å²) in [4.78, 5) is 35.0. The van der Waals surface area contributed by atoms with E-state index in [-0.39, 0.29) is 17.0 Å². The third kappa shape index (κ3) is 4.57. The minimum Gasteiger partial charge on any atom is -0.443 e. The summed E-state index contributed by atoms with van der Waals surface area (Å²) in [6, 6.07) is 9.34. The summed E-state index contributed by atoms with van der Waals surface area (Å²) in [6.45, 7) is 11.3. The topological polar surface area (TPSA) is 105 Å². The smallest absolute Gasteiger partial charge is 0.420 e. The quantitative estimate of drug-likeness (QED) is 0.451. The van der Waals surface area contributed by atoms with Crippen LogP contribution in [0.25, 0.3) is 22.4 Å². The molecule has 0 unspecified atom stereocenters. The van der Waals surface area contributed by atoms with Crippen molar-refractivity contribution in [3.05, 3.63) is 64.2 Å². The van der Waals surface area contributed by atoms with Crippen LogP contribution in [0, 0.1) is 6.92 Å². The molecule has 0 aliphatic heterocycles. The highest BCUT2D eigenvalue weighted by Crippen LogP contribution is 2.23. The van der Waals surface area contributed by atoms with E-state index in [2.05, 4.69) is 15.1 Å². The minimum absolute atomic E-state index is 0.0760. The number of ether oxygens (including phenoxy) is 1. The second-order valence-electron chi connectivity index (χ2n) is 9.26. The number of rotatable bonds is 4. The van der Waals surface area contributed by atoms with E-state index in [9.17, 15) is 9.59 Å². The van der Waals surface area contributed by atoms with Crippen LogP contribution in [0.5, 0.6) is 0 Å². The molecule has 3 heterocycles. The van der Waals surface area contributed by atoms with E-state index in [1.165, 1.54) is 4.57 Å². The van der Waals surface area contributed by atoms with Gasteiger partial charge in [-0.1, -0.05) is 37.2 Å². The van der Waals surface area contributed by atoms with Crippen molar-refractivity contribution in [1.82, 2.24) is 24.3 Å². The van der Waals surface area contributed by atoms with Gasteiger partial charge in [0.15, 0.2) is 5.52 Å². The van der Waals surface area contributed by atoms with Crippen molar-refractivity contribution in [2.24, 2.45) is 0 Å². The third-order valence-electron chi connectivity index (χ3n) is 4.97. The van der Waals surface area contributed by atoms with Crippen molar-refractivity contribution in [2.75, 3.05) is 0 Å². The van der Waals surface area contributed by atoms with Crippen LogP contribution in [-0.4, -0.2) is 36.0 Å². The van der Waals surface area contributed by atoms with Gasteiger partial charge in [0.05, 0.1) is 12.1 Å². The van der Waals surface area contributed by atoms with E-state index in [4.69, 9.17) is 9.26 Å². The molecule has 4 aromatic rings. The van der Waals surface area contributed by atoms with E-state index in [1.54, 1.807) is 44.5 Å². The molecule has 33 heavy (non-hydrogen) atoms. The maximum absolute atomic E-state index is 13.3. The summed E-state index contributed by atoms with van der Waals surface area (Å²) in [7, 11) is 0. The number of aromatic nitrogens is 5. The van der Waals surface area contributed by atoms with E-state index in [0.717, 1.165) is 11.1 Å². The molecule has 0 aliphatic carbocycles. The minimum atomic E-state index is -0.667. The molecular weight excluding hydrogens is 422 g/mol. The molecule has 0 amide bonds. The third-order valence-corrected chi connectivity index (χ3v) is 4.97. The number of nitrogens with zero attached hydrogens (tertiary/aromatic N) is 5. The van der Waals surface area contributed by atoms with Crippen LogP contribution in [0.4, 0.5) is 4.79 Å². The normalized spacial score (nSPS) is 12.0. The number of hydrogen-bond acceptors (Lipinski definition) is 7. The fourth-order valence-corrected chi connectivity index (χ4v) is 3.56. The van der Waals surface area contributed by atoms with Crippen LogP contribution in [0.15, 0.2) is 45.8 Å². The lowest BCUT2D eigenvalue weighted by Gasteiger charge is -2.21. The van der Waals surface area contributed by atoms with Gasteiger partial charge in [-0.25, -0.2) is 14.3 Å². The molecule has 0 radical (unpaired) electrons. The van der Waals surface area contributed by atoms with Crippen LogP contribution in [0.3, 0.4) is 0 Å². The molecule has 9 nitrogen and oxygen atoms in total. The first-order valence-corrected chi connectivity index (χ1v) is 10.8. The molecule has 3 aromatic heterocycles. The van der Waals surface area contributed by atoms with E-state index in [1.807, 2.05) is 38.1 Å². The van der Waals surface area contributed by atoms with Gasteiger partial charge in [-0.15, -0.1) is 0 Å². The molecule has 4 rings (SSSR count). The number of carbonyl (C=O) groups excluding carboxylic acids is 1. The number of hydrogen-bond donors (Lipinski definition) is 0. The molecule has 172 valence electrons. The Morgan fingerprint density at radius 1 is 1.18 bits per heavy atom. The zero-order valence-electron chi connectivity index (χ0n) is 19.6. The maximum Gasteiger partial charge on any atom is 0.420 e. The molecule has 0 fully saturated rings. The van der Waals surface area contributed by atoms with Gasteiger partial charge >= 0.3 is 6.09 Å². The highest BCUT2D eigenvalue weighted by atomic mass is 16.6. The molecular formula is C24H27N5O4. The summed E-state index contributed by atoms with van der Waals surface area (Å²) < 4.78 is 13.6. The molecule has 1 aromatic carbocycles. The lowest BCUT2D eigenvalue weighted by Crippen LogP contribution is -2.28. The number of benzene rings is 1. The van der Waals surface area contributed by atoms with Gasteiger partial charge in [-0.3, -0.25) is 4.79 Å². The van der Waals surface area contributed by atoms with Gasteiger partial charge in [0.2, 0.25) is 11.7 Å². The molecule has 0 aliphatic rings. The van der Waals surface area contributed by atoms with E-state index in [0.29, 0.717) is 29.6 Å². The van der Waals surface area contributed by atoms with Crippen molar-refractivity contribution in [1.29, 1.82) is 0 Å². The standard InChI is InChI=1S/C24H27N5O4/c1-14(2)21-26-19-18(29(21)23(31)32-24(4,5)6)10-11-28(22(19)30)13-16-8-7-9-17(12-16)20-25-15(3)33-27-20/h7-12,14H,13H2,1-6H3. The van der Waals surface area contributed by atoms with Gasteiger partial charge < -0.3 is 13.8 Å². The molecule has 0 spiro atoms. The average molecular weight is 450 g/mol. The summed E-state index contributed by atoms with van der Waals surface area (Å²) in [5.41, 5.74) is 1.42. The Bertz CT molecular complexity index is 1390. The van der Waals surface area contributed by atoms with Crippen molar-refractivity contribution >= 4 is 17.1 Å². The molecule has 0 saturated carbocycles. The first-order chi connectivity index (χ1) is 15.5. The van der Waals surface area contributed by atoms with Gasteiger partial charge in [-0.2, -0.15) is 4.98 Å². The molecule has 0 bridgehead atoms. The van der Waals surface area contributed by atoms with Gasteiger partial charge in [0, 0.05) is 24.6 Å². The van der Waals surface area contributed by atoms with Gasteiger partial charge in [0.1, 0.15) is 11.4 Å².